The van der Waals surface area contributed by atoms with Gasteiger partial charge in [0.1, 0.15) is 0 Å². The van der Waals surface area contributed by atoms with Gasteiger partial charge in [0.05, 0.1) is 0 Å². The van der Waals surface area contributed by atoms with Crippen molar-refractivity contribution < 1.29 is 0 Å². The van der Waals surface area contributed by atoms with Gasteiger partial charge in [-0.2, -0.15) is 0 Å². The zero-order chi connectivity index (χ0) is 8.36. The molecule has 0 heterocycles. The van der Waals surface area contributed by atoms with Gasteiger partial charge in [0, 0.05) is 5.54 Å². The van der Waals surface area contributed by atoms with E-state index < -0.39 is 0 Å². The topological polar surface area (TPSA) is 3.24 Å². The SMILES string of the molecule is CC[C@@H](C)C(C)(C)N(C)C. The largest absolute Gasteiger partial charge is 0.304 e. The van der Waals surface area contributed by atoms with Crippen LogP contribution in [0.2, 0.25) is 0 Å². The molecule has 0 aromatic heterocycles. The average Bonchev–Trinajstić information content (AvgIpc) is 1.86. The maximum atomic E-state index is 2.31. The average molecular weight is 143 g/mol. The molecule has 0 N–H and O–H groups in total. The van der Waals surface area contributed by atoms with Crippen LogP contribution in [0.3, 0.4) is 0 Å². The second-order valence-electron chi connectivity index (χ2n) is 3.86. The molecular weight excluding hydrogens is 122 g/mol. The summed E-state index contributed by atoms with van der Waals surface area (Å²) in [5, 5.41) is 0. The van der Waals surface area contributed by atoms with Gasteiger partial charge in [0.2, 0.25) is 0 Å². The molecule has 0 aromatic carbocycles. The fraction of sp³-hybridized carbons (Fsp3) is 1.00. The first-order chi connectivity index (χ1) is 4.42. The molecule has 0 rings (SSSR count). The van der Waals surface area contributed by atoms with Gasteiger partial charge in [-0.25, -0.2) is 0 Å². The van der Waals surface area contributed by atoms with Crippen molar-refractivity contribution in [1.82, 2.24) is 4.90 Å². The van der Waals surface area contributed by atoms with E-state index in [-0.39, 0.29) is 0 Å². The van der Waals surface area contributed by atoms with Gasteiger partial charge in [-0.05, 0) is 33.9 Å². The quantitative estimate of drug-likeness (QED) is 0.586. The van der Waals surface area contributed by atoms with Gasteiger partial charge in [-0.15, -0.1) is 0 Å². The van der Waals surface area contributed by atoms with E-state index in [2.05, 4.69) is 46.7 Å². The van der Waals surface area contributed by atoms with Gasteiger partial charge < -0.3 is 4.90 Å². The summed E-state index contributed by atoms with van der Waals surface area (Å²) in [4.78, 5) is 2.29. The third-order valence-corrected chi connectivity index (χ3v) is 2.97. The Bertz CT molecular complexity index is 94.9. The molecule has 0 saturated heterocycles. The molecule has 1 heteroatoms. The highest BCUT2D eigenvalue weighted by atomic mass is 15.1. The number of nitrogens with zero attached hydrogens (tertiary/aromatic N) is 1. The Kier molecular flexibility index (Phi) is 3.37. The number of hydrogen-bond donors (Lipinski definition) is 0. The van der Waals surface area contributed by atoms with E-state index in [9.17, 15) is 0 Å². The van der Waals surface area contributed by atoms with Crippen LogP contribution in [0.25, 0.3) is 0 Å². The minimum absolute atomic E-state index is 0.342. The van der Waals surface area contributed by atoms with E-state index >= 15 is 0 Å². The van der Waals surface area contributed by atoms with Crippen LogP contribution in [0.4, 0.5) is 0 Å². The molecule has 0 bridgehead atoms. The molecule has 1 nitrogen and oxygen atoms in total. The van der Waals surface area contributed by atoms with Crippen LogP contribution in [0, 0.1) is 5.92 Å². The van der Waals surface area contributed by atoms with Crippen LogP contribution in [0.15, 0.2) is 0 Å². The summed E-state index contributed by atoms with van der Waals surface area (Å²) in [6.45, 7) is 9.14. The van der Waals surface area contributed by atoms with Crippen molar-refractivity contribution in [3.05, 3.63) is 0 Å². The fourth-order valence-electron chi connectivity index (χ4n) is 0.940. The highest BCUT2D eigenvalue weighted by molar-refractivity contribution is 4.81. The zero-order valence-corrected chi connectivity index (χ0v) is 8.23. The first kappa shape index (κ1) is 9.96. The van der Waals surface area contributed by atoms with Gasteiger partial charge in [0.25, 0.3) is 0 Å². The van der Waals surface area contributed by atoms with E-state index in [1.165, 1.54) is 6.42 Å². The van der Waals surface area contributed by atoms with E-state index in [4.69, 9.17) is 0 Å². The van der Waals surface area contributed by atoms with Crippen molar-refractivity contribution in [2.75, 3.05) is 14.1 Å². The molecule has 0 saturated carbocycles. The van der Waals surface area contributed by atoms with E-state index in [1.807, 2.05) is 0 Å². The summed E-state index contributed by atoms with van der Waals surface area (Å²) in [6.07, 6.45) is 1.26. The molecule has 0 aliphatic carbocycles. The normalized spacial score (nSPS) is 15.9. The van der Waals surface area contributed by atoms with E-state index in [1.54, 1.807) is 0 Å². The van der Waals surface area contributed by atoms with Gasteiger partial charge >= 0.3 is 0 Å². The Hall–Kier alpha value is -0.0400. The molecule has 0 radical (unpaired) electrons. The Morgan fingerprint density at radius 1 is 1.30 bits per heavy atom. The molecule has 62 valence electrons. The lowest BCUT2D eigenvalue weighted by atomic mass is 9.86. The van der Waals surface area contributed by atoms with Crippen LogP contribution in [0.1, 0.15) is 34.1 Å². The van der Waals surface area contributed by atoms with Crippen molar-refractivity contribution >= 4 is 0 Å². The maximum absolute atomic E-state index is 2.31. The van der Waals surface area contributed by atoms with Crippen molar-refractivity contribution in [2.45, 2.75) is 39.7 Å². The van der Waals surface area contributed by atoms with Gasteiger partial charge in [0.15, 0.2) is 0 Å². The summed E-state index contributed by atoms with van der Waals surface area (Å²) >= 11 is 0. The van der Waals surface area contributed by atoms with Crippen LogP contribution in [-0.4, -0.2) is 24.5 Å². The molecule has 0 aliphatic heterocycles. The smallest absolute Gasteiger partial charge is 0.0172 e. The lowest BCUT2D eigenvalue weighted by Crippen LogP contribution is -2.43. The maximum Gasteiger partial charge on any atom is 0.0172 e. The van der Waals surface area contributed by atoms with Crippen molar-refractivity contribution in [3.8, 4) is 0 Å². The number of rotatable bonds is 3. The van der Waals surface area contributed by atoms with E-state index in [0.717, 1.165) is 5.92 Å². The Morgan fingerprint density at radius 2 is 1.70 bits per heavy atom. The molecule has 0 fully saturated rings. The van der Waals surface area contributed by atoms with Gasteiger partial charge in [-0.3, -0.25) is 0 Å². The lowest BCUT2D eigenvalue weighted by molar-refractivity contribution is 0.123. The molecule has 0 aliphatic rings. The Labute approximate surface area is 65.4 Å². The highest BCUT2D eigenvalue weighted by Gasteiger charge is 2.25. The minimum atomic E-state index is 0.342. The third-order valence-electron chi connectivity index (χ3n) is 2.97. The molecule has 0 spiro atoms. The highest BCUT2D eigenvalue weighted by Crippen LogP contribution is 2.23. The monoisotopic (exact) mass is 143 g/mol. The first-order valence-electron chi connectivity index (χ1n) is 4.10. The predicted octanol–water partition coefficient (Wildman–Crippen LogP) is 2.37. The lowest BCUT2D eigenvalue weighted by Gasteiger charge is -2.38. The molecule has 0 amide bonds. The summed E-state index contributed by atoms with van der Waals surface area (Å²) < 4.78 is 0. The van der Waals surface area contributed by atoms with Gasteiger partial charge in [-0.1, -0.05) is 20.3 Å². The summed E-state index contributed by atoms with van der Waals surface area (Å²) in [7, 11) is 4.29. The number of hydrogen-bond acceptors (Lipinski definition) is 1. The predicted molar refractivity (Wildman–Crippen MR) is 47.2 cm³/mol. The fourth-order valence-corrected chi connectivity index (χ4v) is 0.940. The van der Waals surface area contributed by atoms with Crippen LogP contribution in [0.5, 0.6) is 0 Å². The molecule has 1 atom stereocenters. The Morgan fingerprint density at radius 3 is 1.80 bits per heavy atom. The standard InChI is InChI=1S/C9H21N/c1-7-8(2)9(3,4)10(5)6/h8H,7H2,1-6H3/t8-/m1/s1. The summed E-state index contributed by atoms with van der Waals surface area (Å²) in [5.41, 5.74) is 0.342. The van der Waals surface area contributed by atoms with Crippen molar-refractivity contribution in [3.63, 3.8) is 0 Å². The second-order valence-corrected chi connectivity index (χ2v) is 3.86. The second kappa shape index (κ2) is 3.38. The molecule has 0 unspecified atom stereocenters. The van der Waals surface area contributed by atoms with Crippen molar-refractivity contribution in [1.29, 1.82) is 0 Å². The van der Waals surface area contributed by atoms with E-state index in [0.29, 0.717) is 5.54 Å². The molecule has 0 aromatic rings. The van der Waals surface area contributed by atoms with Crippen LogP contribution in [-0.2, 0) is 0 Å². The zero-order valence-electron chi connectivity index (χ0n) is 8.23. The Balaban J connectivity index is 4.09. The minimum Gasteiger partial charge on any atom is -0.304 e. The summed E-state index contributed by atoms with van der Waals surface area (Å²) in [5.74, 6) is 0.766. The van der Waals surface area contributed by atoms with Crippen LogP contribution >= 0.6 is 0 Å². The van der Waals surface area contributed by atoms with Crippen molar-refractivity contribution in [2.24, 2.45) is 5.92 Å². The molecule has 10 heavy (non-hydrogen) atoms. The summed E-state index contributed by atoms with van der Waals surface area (Å²) in [6, 6.07) is 0. The third kappa shape index (κ3) is 1.98. The van der Waals surface area contributed by atoms with Crippen LogP contribution < -0.4 is 0 Å². The first-order valence-corrected chi connectivity index (χ1v) is 4.10. The molecular formula is C9H21N.